The van der Waals surface area contributed by atoms with Crippen molar-refractivity contribution in [3.8, 4) is 6.07 Å². The first-order valence-electron chi connectivity index (χ1n) is 3.08. The van der Waals surface area contributed by atoms with Gasteiger partial charge >= 0.3 is 0 Å². The minimum absolute atomic E-state index is 0.597. The van der Waals surface area contributed by atoms with Gasteiger partial charge < -0.3 is 0 Å². The highest BCUT2D eigenvalue weighted by molar-refractivity contribution is 8.01. The Balaban J connectivity index is 2.34. The summed E-state index contributed by atoms with van der Waals surface area (Å²) in [4.78, 5) is 0. The Morgan fingerprint density at radius 2 is 2.45 bits per heavy atom. The first-order valence-corrected chi connectivity index (χ1v) is 5.26. The molecule has 0 atom stereocenters. The number of rotatable bonds is 3. The van der Waals surface area contributed by atoms with Crippen molar-refractivity contribution in [1.29, 1.82) is 5.26 Å². The van der Waals surface area contributed by atoms with E-state index < -0.39 is 0 Å². The van der Waals surface area contributed by atoms with Crippen LogP contribution < -0.4 is 0 Å². The van der Waals surface area contributed by atoms with Crippen LogP contribution in [0.5, 0.6) is 0 Å². The monoisotopic (exact) mass is 203 g/mol. The highest BCUT2D eigenvalue weighted by atomic mass is 35.5. The van der Waals surface area contributed by atoms with Gasteiger partial charge in [0.1, 0.15) is 0 Å². The zero-order valence-corrected chi connectivity index (χ0v) is 8.10. The van der Waals surface area contributed by atoms with E-state index in [2.05, 4.69) is 6.07 Å². The second kappa shape index (κ2) is 4.66. The average molecular weight is 204 g/mol. The highest BCUT2D eigenvalue weighted by Crippen LogP contribution is 2.30. The molecule has 1 aromatic heterocycles. The molecule has 0 unspecified atom stereocenters. The number of nitrogens with zero attached hydrogens (tertiary/aromatic N) is 1. The predicted molar refractivity (Wildman–Crippen MR) is 50.3 cm³/mol. The first-order chi connectivity index (χ1) is 5.33. The van der Waals surface area contributed by atoms with Crippen molar-refractivity contribution < 1.29 is 0 Å². The fraction of sp³-hybridized carbons (Fsp3) is 0.286. The van der Waals surface area contributed by atoms with Gasteiger partial charge in [-0.25, -0.2) is 0 Å². The molecule has 11 heavy (non-hydrogen) atoms. The number of thiophene rings is 1. The smallest absolute Gasteiger partial charge is 0.0940 e. The molecule has 1 heterocycles. The number of halogens is 1. The summed E-state index contributed by atoms with van der Waals surface area (Å²) in [6.07, 6.45) is 0.597. The summed E-state index contributed by atoms with van der Waals surface area (Å²) in [5.74, 6) is 0.855. The van der Waals surface area contributed by atoms with Gasteiger partial charge in [-0.1, -0.05) is 11.6 Å². The molecule has 0 saturated heterocycles. The van der Waals surface area contributed by atoms with Crippen LogP contribution in [0.1, 0.15) is 6.42 Å². The Morgan fingerprint density at radius 3 is 3.00 bits per heavy atom. The second-order valence-corrected chi connectivity index (χ2v) is 4.93. The summed E-state index contributed by atoms with van der Waals surface area (Å²) in [6, 6.07) is 5.95. The van der Waals surface area contributed by atoms with Crippen molar-refractivity contribution in [2.24, 2.45) is 0 Å². The standard InChI is InChI=1S/C7H6ClNS2/c8-6-2-3-7(11-6)10-5-1-4-9/h2-3H,1,5H2. The third-order valence-electron chi connectivity index (χ3n) is 1.01. The van der Waals surface area contributed by atoms with Crippen molar-refractivity contribution in [3.63, 3.8) is 0 Å². The molecule has 1 rings (SSSR count). The molecular formula is C7H6ClNS2. The minimum Gasteiger partial charge on any atom is -0.198 e. The number of hydrogen-bond donors (Lipinski definition) is 0. The summed E-state index contributed by atoms with van der Waals surface area (Å²) in [6.45, 7) is 0. The zero-order valence-electron chi connectivity index (χ0n) is 5.71. The van der Waals surface area contributed by atoms with E-state index in [1.54, 1.807) is 23.1 Å². The van der Waals surface area contributed by atoms with Crippen molar-refractivity contribution in [2.45, 2.75) is 10.6 Å². The van der Waals surface area contributed by atoms with Gasteiger partial charge in [-0.3, -0.25) is 0 Å². The van der Waals surface area contributed by atoms with Crippen molar-refractivity contribution in [3.05, 3.63) is 16.5 Å². The summed E-state index contributed by atoms with van der Waals surface area (Å²) in [5.41, 5.74) is 0. The van der Waals surface area contributed by atoms with Crippen LogP contribution >= 0.6 is 34.7 Å². The molecule has 0 radical (unpaired) electrons. The highest BCUT2D eigenvalue weighted by Gasteiger charge is 1.96. The number of thioether (sulfide) groups is 1. The molecule has 58 valence electrons. The third-order valence-corrected chi connectivity index (χ3v) is 3.46. The van der Waals surface area contributed by atoms with Crippen LogP contribution in [0.3, 0.4) is 0 Å². The summed E-state index contributed by atoms with van der Waals surface area (Å²) >= 11 is 8.95. The number of nitriles is 1. The molecule has 0 bridgehead atoms. The van der Waals surface area contributed by atoms with Crippen LogP contribution in [0.4, 0.5) is 0 Å². The van der Waals surface area contributed by atoms with Crippen LogP contribution in [-0.4, -0.2) is 5.75 Å². The van der Waals surface area contributed by atoms with E-state index in [0.29, 0.717) is 6.42 Å². The Labute approximate surface area is 79.0 Å². The molecule has 1 nitrogen and oxygen atoms in total. The molecule has 0 aliphatic heterocycles. The maximum Gasteiger partial charge on any atom is 0.0940 e. The van der Waals surface area contributed by atoms with Crippen LogP contribution in [0.2, 0.25) is 4.34 Å². The van der Waals surface area contributed by atoms with Gasteiger partial charge in [-0.05, 0) is 12.1 Å². The van der Waals surface area contributed by atoms with Gasteiger partial charge in [-0.15, -0.1) is 23.1 Å². The first kappa shape index (κ1) is 8.92. The Morgan fingerprint density at radius 1 is 1.64 bits per heavy atom. The van der Waals surface area contributed by atoms with Crippen LogP contribution in [0.25, 0.3) is 0 Å². The molecule has 1 aromatic rings. The Hall–Kier alpha value is -0.170. The molecule has 0 amide bonds. The van der Waals surface area contributed by atoms with E-state index in [1.807, 2.05) is 12.1 Å². The van der Waals surface area contributed by atoms with E-state index in [0.717, 1.165) is 10.1 Å². The Bertz CT molecular complexity index is 264. The van der Waals surface area contributed by atoms with Crippen LogP contribution in [-0.2, 0) is 0 Å². The molecule has 0 saturated carbocycles. The van der Waals surface area contributed by atoms with Gasteiger partial charge in [0.05, 0.1) is 14.6 Å². The van der Waals surface area contributed by atoms with Gasteiger partial charge in [0.2, 0.25) is 0 Å². The SMILES string of the molecule is N#CCCSc1ccc(Cl)s1. The molecule has 0 aromatic carbocycles. The van der Waals surface area contributed by atoms with E-state index >= 15 is 0 Å². The van der Waals surface area contributed by atoms with E-state index in [-0.39, 0.29) is 0 Å². The lowest BCUT2D eigenvalue weighted by Gasteiger charge is -1.89. The summed E-state index contributed by atoms with van der Waals surface area (Å²) in [5, 5.41) is 8.26. The second-order valence-electron chi connectivity index (χ2n) is 1.82. The largest absolute Gasteiger partial charge is 0.198 e. The molecule has 0 N–H and O–H groups in total. The lowest BCUT2D eigenvalue weighted by Crippen LogP contribution is -1.71. The quantitative estimate of drug-likeness (QED) is 0.556. The van der Waals surface area contributed by atoms with Gasteiger partial charge in [0, 0.05) is 12.2 Å². The lowest BCUT2D eigenvalue weighted by atomic mass is 10.6. The van der Waals surface area contributed by atoms with Crippen molar-refractivity contribution in [1.82, 2.24) is 0 Å². The fourth-order valence-corrected chi connectivity index (χ4v) is 2.80. The molecule has 0 fully saturated rings. The summed E-state index contributed by atoms with van der Waals surface area (Å²) in [7, 11) is 0. The maximum absolute atomic E-state index is 8.26. The minimum atomic E-state index is 0.597. The molecule has 4 heteroatoms. The topological polar surface area (TPSA) is 23.8 Å². The van der Waals surface area contributed by atoms with Gasteiger partial charge in [0.25, 0.3) is 0 Å². The van der Waals surface area contributed by atoms with Crippen molar-refractivity contribution in [2.75, 3.05) is 5.75 Å². The Kier molecular flexibility index (Phi) is 3.78. The normalized spacial score (nSPS) is 9.45. The van der Waals surface area contributed by atoms with E-state index in [1.165, 1.54) is 4.21 Å². The van der Waals surface area contributed by atoms with Gasteiger partial charge in [0.15, 0.2) is 0 Å². The van der Waals surface area contributed by atoms with E-state index in [9.17, 15) is 0 Å². The van der Waals surface area contributed by atoms with Crippen LogP contribution in [0.15, 0.2) is 16.3 Å². The summed E-state index contributed by atoms with van der Waals surface area (Å²) < 4.78 is 2.00. The maximum atomic E-state index is 8.26. The fourth-order valence-electron chi connectivity index (χ4n) is 0.573. The third kappa shape index (κ3) is 3.15. The zero-order chi connectivity index (χ0) is 8.10. The van der Waals surface area contributed by atoms with Gasteiger partial charge in [-0.2, -0.15) is 5.26 Å². The number of hydrogen-bond acceptors (Lipinski definition) is 3. The van der Waals surface area contributed by atoms with E-state index in [4.69, 9.17) is 16.9 Å². The molecular weight excluding hydrogens is 198 g/mol. The molecule has 0 aliphatic carbocycles. The van der Waals surface area contributed by atoms with Crippen LogP contribution in [0, 0.1) is 11.3 Å². The average Bonchev–Trinajstić information content (AvgIpc) is 2.37. The molecule has 0 aliphatic rings. The predicted octanol–water partition coefficient (Wildman–Crippen LogP) is 3.41. The van der Waals surface area contributed by atoms with Crippen molar-refractivity contribution >= 4 is 34.7 Å². The lowest BCUT2D eigenvalue weighted by molar-refractivity contribution is 1.24. The molecule has 0 spiro atoms.